The average molecular weight is 284 g/mol. The van der Waals surface area contributed by atoms with Crippen LogP contribution in [-0.4, -0.2) is 26.6 Å². The molecule has 0 aliphatic carbocycles. The van der Waals surface area contributed by atoms with Crippen LogP contribution >= 0.6 is 0 Å². The quantitative estimate of drug-likeness (QED) is 0.885. The number of carbonyl (C=O) groups excluding carboxylic acids is 1. The standard InChI is InChI=1S/C13H20N2O3S/c1-5-12(13(14)16)15(19(4,17)18)11-7-6-9(2)10(3)8-11/h6-8,12H,5H2,1-4H3,(H2,14,16)/t12-/m1/s1. The van der Waals surface area contributed by atoms with Gasteiger partial charge in [-0.15, -0.1) is 0 Å². The van der Waals surface area contributed by atoms with Crippen LogP contribution in [0.5, 0.6) is 0 Å². The topological polar surface area (TPSA) is 80.5 Å². The molecule has 1 aromatic rings. The van der Waals surface area contributed by atoms with Gasteiger partial charge in [-0.25, -0.2) is 8.42 Å². The minimum Gasteiger partial charge on any atom is -0.368 e. The van der Waals surface area contributed by atoms with Gasteiger partial charge in [0, 0.05) is 0 Å². The van der Waals surface area contributed by atoms with Crippen LogP contribution in [-0.2, 0) is 14.8 Å². The molecule has 0 unspecified atom stereocenters. The number of nitrogens with two attached hydrogens (primary N) is 1. The van der Waals surface area contributed by atoms with Crippen LogP contribution < -0.4 is 10.0 Å². The Bertz CT molecular complexity index is 582. The smallest absolute Gasteiger partial charge is 0.241 e. The molecule has 6 heteroatoms. The van der Waals surface area contributed by atoms with Crippen LogP contribution in [0.15, 0.2) is 18.2 Å². The number of hydrogen-bond donors (Lipinski definition) is 1. The Morgan fingerprint density at radius 1 is 1.32 bits per heavy atom. The van der Waals surface area contributed by atoms with Crippen LogP contribution in [0.4, 0.5) is 5.69 Å². The molecule has 0 bridgehead atoms. The summed E-state index contributed by atoms with van der Waals surface area (Å²) in [7, 11) is -3.57. The summed E-state index contributed by atoms with van der Waals surface area (Å²) in [5.41, 5.74) is 7.80. The van der Waals surface area contributed by atoms with Gasteiger partial charge in [0.05, 0.1) is 11.9 Å². The van der Waals surface area contributed by atoms with Crippen molar-refractivity contribution in [3.05, 3.63) is 29.3 Å². The molecule has 0 aromatic heterocycles. The summed E-state index contributed by atoms with van der Waals surface area (Å²) in [6.07, 6.45) is 1.41. The molecule has 0 aliphatic rings. The Hall–Kier alpha value is -1.56. The third-order valence-corrected chi connectivity index (χ3v) is 4.28. The lowest BCUT2D eigenvalue weighted by molar-refractivity contribution is -0.119. The highest BCUT2D eigenvalue weighted by Gasteiger charge is 2.29. The molecule has 0 heterocycles. The van der Waals surface area contributed by atoms with Crippen LogP contribution in [0, 0.1) is 13.8 Å². The lowest BCUT2D eigenvalue weighted by atomic mass is 10.1. The molecule has 0 aliphatic heterocycles. The second-order valence-corrected chi connectivity index (χ2v) is 6.51. The number of rotatable bonds is 5. The first kappa shape index (κ1) is 15.5. The van der Waals surface area contributed by atoms with E-state index in [0.717, 1.165) is 21.7 Å². The summed E-state index contributed by atoms with van der Waals surface area (Å²) in [6, 6.07) is 4.41. The Morgan fingerprint density at radius 3 is 2.26 bits per heavy atom. The van der Waals surface area contributed by atoms with Gasteiger partial charge in [-0.2, -0.15) is 0 Å². The lowest BCUT2D eigenvalue weighted by Crippen LogP contribution is -2.47. The van der Waals surface area contributed by atoms with E-state index in [1.54, 1.807) is 19.1 Å². The van der Waals surface area contributed by atoms with Crippen molar-refractivity contribution in [2.75, 3.05) is 10.6 Å². The fourth-order valence-electron chi connectivity index (χ4n) is 1.95. The van der Waals surface area contributed by atoms with Crippen LogP contribution in [0.25, 0.3) is 0 Å². The first-order valence-corrected chi connectivity index (χ1v) is 7.89. The van der Waals surface area contributed by atoms with E-state index in [-0.39, 0.29) is 0 Å². The van der Waals surface area contributed by atoms with Crippen molar-refractivity contribution in [3.8, 4) is 0 Å². The van der Waals surface area contributed by atoms with Crippen LogP contribution in [0.2, 0.25) is 0 Å². The van der Waals surface area contributed by atoms with Crippen molar-refractivity contribution in [2.24, 2.45) is 5.73 Å². The monoisotopic (exact) mass is 284 g/mol. The number of sulfonamides is 1. The zero-order chi connectivity index (χ0) is 14.8. The average Bonchev–Trinajstić information content (AvgIpc) is 2.27. The summed E-state index contributed by atoms with van der Waals surface area (Å²) in [5.74, 6) is -0.647. The molecule has 1 atom stereocenters. The highest BCUT2D eigenvalue weighted by molar-refractivity contribution is 7.92. The predicted octanol–water partition coefficient (Wildman–Crippen LogP) is 1.33. The van der Waals surface area contributed by atoms with E-state index in [1.807, 2.05) is 19.9 Å². The van der Waals surface area contributed by atoms with Gasteiger partial charge in [0.1, 0.15) is 6.04 Å². The highest BCUT2D eigenvalue weighted by Crippen LogP contribution is 2.24. The van der Waals surface area contributed by atoms with E-state index < -0.39 is 22.0 Å². The number of primary amides is 1. The Labute approximate surface area is 114 Å². The number of benzene rings is 1. The lowest BCUT2D eigenvalue weighted by Gasteiger charge is -2.29. The molecule has 2 N–H and O–H groups in total. The maximum atomic E-state index is 12.0. The highest BCUT2D eigenvalue weighted by atomic mass is 32.2. The van der Waals surface area contributed by atoms with Gasteiger partial charge in [0.15, 0.2) is 0 Å². The SMILES string of the molecule is CC[C@H](C(N)=O)N(c1ccc(C)c(C)c1)S(C)(=O)=O. The van der Waals surface area contributed by atoms with Crippen molar-refractivity contribution in [1.29, 1.82) is 0 Å². The van der Waals surface area contributed by atoms with E-state index in [2.05, 4.69) is 0 Å². The van der Waals surface area contributed by atoms with Gasteiger partial charge in [-0.1, -0.05) is 13.0 Å². The van der Waals surface area contributed by atoms with Gasteiger partial charge in [0.2, 0.25) is 15.9 Å². The van der Waals surface area contributed by atoms with Crippen molar-refractivity contribution >= 4 is 21.6 Å². The number of nitrogens with zero attached hydrogens (tertiary/aromatic N) is 1. The summed E-state index contributed by atoms with van der Waals surface area (Å²) in [6.45, 7) is 5.56. The molecule has 0 spiro atoms. The van der Waals surface area contributed by atoms with Gasteiger partial charge in [0.25, 0.3) is 0 Å². The maximum absolute atomic E-state index is 12.0. The van der Waals surface area contributed by atoms with E-state index >= 15 is 0 Å². The normalized spacial score (nSPS) is 13.1. The molecule has 19 heavy (non-hydrogen) atoms. The van der Waals surface area contributed by atoms with Gasteiger partial charge >= 0.3 is 0 Å². The first-order valence-electron chi connectivity index (χ1n) is 6.04. The molecular weight excluding hydrogens is 264 g/mol. The van der Waals surface area contributed by atoms with E-state index in [0.29, 0.717) is 12.1 Å². The van der Waals surface area contributed by atoms with Crippen LogP contribution in [0.3, 0.4) is 0 Å². The Morgan fingerprint density at radius 2 is 1.89 bits per heavy atom. The molecule has 1 amide bonds. The fourth-order valence-corrected chi connectivity index (χ4v) is 3.16. The zero-order valence-corrected chi connectivity index (χ0v) is 12.5. The second-order valence-electron chi connectivity index (χ2n) is 4.65. The third kappa shape index (κ3) is 3.47. The van der Waals surface area contributed by atoms with E-state index in [9.17, 15) is 13.2 Å². The van der Waals surface area contributed by atoms with Gasteiger partial charge < -0.3 is 5.73 Å². The predicted molar refractivity (Wildman–Crippen MR) is 76.5 cm³/mol. The molecule has 1 rings (SSSR count). The molecule has 5 nitrogen and oxygen atoms in total. The van der Waals surface area contributed by atoms with E-state index in [1.165, 1.54) is 0 Å². The molecule has 0 saturated carbocycles. The fraction of sp³-hybridized carbons (Fsp3) is 0.462. The van der Waals surface area contributed by atoms with Gasteiger partial charge in [-0.05, 0) is 43.5 Å². The second kappa shape index (κ2) is 5.61. The minimum atomic E-state index is -3.57. The number of anilines is 1. The van der Waals surface area contributed by atoms with Crippen molar-refractivity contribution < 1.29 is 13.2 Å². The number of amides is 1. The molecule has 0 radical (unpaired) electrons. The zero-order valence-electron chi connectivity index (χ0n) is 11.7. The summed E-state index contributed by atoms with van der Waals surface area (Å²) < 4.78 is 25.0. The third-order valence-electron chi connectivity index (χ3n) is 3.10. The van der Waals surface area contributed by atoms with Gasteiger partial charge in [-0.3, -0.25) is 9.10 Å². The van der Waals surface area contributed by atoms with Crippen LogP contribution in [0.1, 0.15) is 24.5 Å². The number of aryl methyl sites for hydroxylation is 2. The summed E-state index contributed by atoms with van der Waals surface area (Å²) in [4.78, 5) is 11.5. The Balaban J connectivity index is 3.40. The van der Waals surface area contributed by atoms with E-state index in [4.69, 9.17) is 5.73 Å². The molecule has 1 aromatic carbocycles. The van der Waals surface area contributed by atoms with Crippen molar-refractivity contribution in [1.82, 2.24) is 0 Å². The molecule has 0 fully saturated rings. The number of carbonyl (C=O) groups is 1. The summed E-state index contributed by atoms with van der Waals surface area (Å²) in [5, 5.41) is 0. The number of hydrogen-bond acceptors (Lipinski definition) is 3. The van der Waals surface area contributed by atoms with Crippen molar-refractivity contribution in [2.45, 2.75) is 33.2 Å². The van der Waals surface area contributed by atoms with Crippen molar-refractivity contribution in [3.63, 3.8) is 0 Å². The molecule has 106 valence electrons. The Kier molecular flexibility index (Phi) is 4.57. The summed E-state index contributed by atoms with van der Waals surface area (Å²) >= 11 is 0. The molecular formula is C13H20N2O3S. The first-order chi connectivity index (χ1) is 8.68. The minimum absolute atomic E-state index is 0.329. The largest absolute Gasteiger partial charge is 0.368 e. The molecule has 0 saturated heterocycles. The maximum Gasteiger partial charge on any atom is 0.241 e.